The van der Waals surface area contributed by atoms with Crippen molar-refractivity contribution in [2.24, 2.45) is 0 Å². The maximum Gasteiger partial charge on any atom is 0.0722 e. The average Bonchev–Trinajstić information content (AvgIpc) is 2.18. The van der Waals surface area contributed by atoms with E-state index in [9.17, 15) is 0 Å². The molecule has 1 aliphatic rings. The first-order valence-corrected chi connectivity index (χ1v) is 5.01. The molecule has 1 aliphatic heterocycles. The number of benzene rings is 1. The minimum Gasteiger partial charge on any atom is -0.376 e. The Morgan fingerprint density at radius 1 is 1.46 bits per heavy atom. The molecule has 0 spiro atoms. The molecule has 2 rings (SSSR count). The molecular weight excluding hydrogens is 160 g/mol. The number of aryl methyl sites for hydroxylation is 1. The topological polar surface area (TPSA) is 9.23 Å². The third kappa shape index (κ3) is 1.49. The summed E-state index contributed by atoms with van der Waals surface area (Å²) >= 11 is 0. The fraction of sp³-hybridized carbons (Fsp3) is 0.500. The highest BCUT2D eigenvalue weighted by Crippen LogP contribution is 2.28. The van der Waals surface area contributed by atoms with Crippen LogP contribution in [-0.4, -0.2) is 6.61 Å². The molecule has 1 heterocycles. The van der Waals surface area contributed by atoms with Crippen LogP contribution in [0.3, 0.4) is 0 Å². The molecule has 70 valence electrons. The Morgan fingerprint density at radius 2 is 2.31 bits per heavy atom. The molecule has 0 aromatic heterocycles. The number of fused-ring (bicyclic) bond motifs is 1. The van der Waals surface area contributed by atoms with Crippen molar-refractivity contribution < 1.29 is 4.74 Å². The standard InChI is InChI=1S/C12H16O/c1-3-10-5-4-6-11-9(2)7-13-8-12(10)11/h4-6,9H,3,7-8H2,1-2H3. The summed E-state index contributed by atoms with van der Waals surface area (Å²) < 4.78 is 5.55. The first-order valence-electron chi connectivity index (χ1n) is 5.01. The summed E-state index contributed by atoms with van der Waals surface area (Å²) in [5.41, 5.74) is 4.37. The third-order valence-corrected chi connectivity index (χ3v) is 2.84. The van der Waals surface area contributed by atoms with Gasteiger partial charge >= 0.3 is 0 Å². The van der Waals surface area contributed by atoms with E-state index in [1.165, 1.54) is 16.7 Å². The van der Waals surface area contributed by atoms with Crippen LogP contribution >= 0.6 is 0 Å². The SMILES string of the molecule is CCc1cccc2c1COCC2C. The van der Waals surface area contributed by atoms with Crippen LogP contribution in [0.15, 0.2) is 18.2 Å². The average molecular weight is 176 g/mol. The molecule has 1 heteroatoms. The third-order valence-electron chi connectivity index (χ3n) is 2.84. The van der Waals surface area contributed by atoms with Crippen molar-refractivity contribution in [2.75, 3.05) is 6.61 Å². The second-order valence-corrected chi connectivity index (χ2v) is 3.75. The zero-order valence-electron chi connectivity index (χ0n) is 8.34. The van der Waals surface area contributed by atoms with E-state index >= 15 is 0 Å². The normalized spacial score (nSPS) is 21.2. The van der Waals surface area contributed by atoms with Gasteiger partial charge in [0.25, 0.3) is 0 Å². The van der Waals surface area contributed by atoms with Gasteiger partial charge in [-0.1, -0.05) is 32.0 Å². The number of hydrogen-bond acceptors (Lipinski definition) is 1. The molecule has 0 bridgehead atoms. The van der Waals surface area contributed by atoms with Crippen LogP contribution in [0.5, 0.6) is 0 Å². The summed E-state index contributed by atoms with van der Waals surface area (Å²) in [6.07, 6.45) is 1.11. The van der Waals surface area contributed by atoms with Gasteiger partial charge in [-0.2, -0.15) is 0 Å². The van der Waals surface area contributed by atoms with Gasteiger partial charge in [0.05, 0.1) is 13.2 Å². The van der Waals surface area contributed by atoms with Crippen molar-refractivity contribution >= 4 is 0 Å². The predicted octanol–water partition coefficient (Wildman–Crippen LogP) is 2.88. The van der Waals surface area contributed by atoms with Crippen molar-refractivity contribution in [3.8, 4) is 0 Å². The van der Waals surface area contributed by atoms with E-state index in [1.807, 2.05) is 0 Å². The van der Waals surface area contributed by atoms with Gasteiger partial charge in [0, 0.05) is 5.92 Å². The Hall–Kier alpha value is -0.820. The molecule has 13 heavy (non-hydrogen) atoms. The molecule has 1 nitrogen and oxygen atoms in total. The summed E-state index contributed by atoms with van der Waals surface area (Å²) in [6, 6.07) is 6.61. The van der Waals surface area contributed by atoms with Crippen molar-refractivity contribution in [1.82, 2.24) is 0 Å². The monoisotopic (exact) mass is 176 g/mol. The molecule has 1 aromatic rings. The van der Waals surface area contributed by atoms with Crippen LogP contribution in [0.25, 0.3) is 0 Å². The molecule has 0 N–H and O–H groups in total. The molecule has 1 aromatic carbocycles. The van der Waals surface area contributed by atoms with E-state index in [4.69, 9.17) is 4.74 Å². The lowest BCUT2D eigenvalue weighted by molar-refractivity contribution is 0.0944. The Morgan fingerprint density at radius 3 is 3.08 bits per heavy atom. The Bertz CT molecular complexity index is 304. The molecule has 1 atom stereocenters. The molecule has 0 amide bonds. The summed E-state index contributed by atoms with van der Waals surface area (Å²) in [4.78, 5) is 0. The molecule has 0 radical (unpaired) electrons. The van der Waals surface area contributed by atoms with Gasteiger partial charge in [0.2, 0.25) is 0 Å². The second kappa shape index (κ2) is 3.51. The Kier molecular flexibility index (Phi) is 2.36. The summed E-state index contributed by atoms with van der Waals surface area (Å²) in [5, 5.41) is 0. The van der Waals surface area contributed by atoms with E-state index in [2.05, 4.69) is 32.0 Å². The molecule has 0 saturated heterocycles. The number of rotatable bonds is 1. The van der Waals surface area contributed by atoms with Gasteiger partial charge in [-0.25, -0.2) is 0 Å². The minimum absolute atomic E-state index is 0.565. The lowest BCUT2D eigenvalue weighted by Crippen LogP contribution is -2.15. The molecule has 0 fully saturated rings. The fourth-order valence-electron chi connectivity index (χ4n) is 2.05. The first-order chi connectivity index (χ1) is 6.33. The largest absolute Gasteiger partial charge is 0.376 e. The van der Waals surface area contributed by atoms with Crippen molar-refractivity contribution in [3.05, 3.63) is 34.9 Å². The maximum atomic E-state index is 5.55. The van der Waals surface area contributed by atoms with Crippen molar-refractivity contribution in [1.29, 1.82) is 0 Å². The van der Waals surface area contributed by atoms with E-state index < -0.39 is 0 Å². The van der Waals surface area contributed by atoms with Gasteiger partial charge in [-0.15, -0.1) is 0 Å². The minimum atomic E-state index is 0.565. The van der Waals surface area contributed by atoms with Crippen LogP contribution in [0.2, 0.25) is 0 Å². The van der Waals surface area contributed by atoms with Crippen molar-refractivity contribution in [2.45, 2.75) is 32.8 Å². The van der Waals surface area contributed by atoms with E-state index in [0.717, 1.165) is 19.6 Å². The van der Waals surface area contributed by atoms with Gasteiger partial charge in [0.15, 0.2) is 0 Å². The highest BCUT2D eigenvalue weighted by atomic mass is 16.5. The molecular formula is C12H16O. The maximum absolute atomic E-state index is 5.55. The zero-order chi connectivity index (χ0) is 9.26. The Balaban J connectivity index is 2.48. The highest BCUT2D eigenvalue weighted by molar-refractivity contribution is 5.38. The molecule has 0 aliphatic carbocycles. The predicted molar refractivity (Wildman–Crippen MR) is 53.9 cm³/mol. The smallest absolute Gasteiger partial charge is 0.0722 e. The second-order valence-electron chi connectivity index (χ2n) is 3.75. The van der Waals surface area contributed by atoms with Gasteiger partial charge in [-0.3, -0.25) is 0 Å². The zero-order valence-corrected chi connectivity index (χ0v) is 8.34. The summed E-state index contributed by atoms with van der Waals surface area (Å²) in [5.74, 6) is 0.565. The Labute approximate surface area is 79.7 Å². The van der Waals surface area contributed by atoms with Crippen LogP contribution in [0, 0.1) is 0 Å². The quantitative estimate of drug-likeness (QED) is 0.639. The summed E-state index contributed by atoms with van der Waals surface area (Å²) in [7, 11) is 0. The highest BCUT2D eigenvalue weighted by Gasteiger charge is 2.17. The van der Waals surface area contributed by atoms with E-state index in [1.54, 1.807) is 0 Å². The molecule has 0 saturated carbocycles. The van der Waals surface area contributed by atoms with Crippen LogP contribution in [0.4, 0.5) is 0 Å². The van der Waals surface area contributed by atoms with Crippen LogP contribution in [-0.2, 0) is 17.8 Å². The van der Waals surface area contributed by atoms with Gasteiger partial charge < -0.3 is 4.74 Å². The van der Waals surface area contributed by atoms with Gasteiger partial charge in [-0.05, 0) is 23.1 Å². The van der Waals surface area contributed by atoms with Crippen molar-refractivity contribution in [3.63, 3.8) is 0 Å². The first kappa shape index (κ1) is 8.76. The van der Waals surface area contributed by atoms with Gasteiger partial charge in [0.1, 0.15) is 0 Å². The van der Waals surface area contributed by atoms with Crippen LogP contribution < -0.4 is 0 Å². The van der Waals surface area contributed by atoms with Crippen LogP contribution in [0.1, 0.15) is 36.5 Å². The summed E-state index contributed by atoms with van der Waals surface area (Å²) in [6.45, 7) is 6.12. The number of hydrogen-bond donors (Lipinski definition) is 0. The lowest BCUT2D eigenvalue weighted by atomic mass is 9.90. The fourth-order valence-corrected chi connectivity index (χ4v) is 2.05. The van der Waals surface area contributed by atoms with E-state index in [-0.39, 0.29) is 0 Å². The lowest BCUT2D eigenvalue weighted by Gasteiger charge is -2.24. The molecule has 1 unspecified atom stereocenters. The number of ether oxygens (including phenoxy) is 1. The van der Waals surface area contributed by atoms with E-state index in [0.29, 0.717) is 5.92 Å².